The van der Waals surface area contributed by atoms with E-state index in [2.05, 4.69) is 31.2 Å². The molecule has 3 heterocycles. The van der Waals surface area contributed by atoms with Gasteiger partial charge in [-0.05, 0) is 55.1 Å². The molecule has 0 aliphatic carbocycles. The van der Waals surface area contributed by atoms with Crippen molar-refractivity contribution in [2.75, 3.05) is 18.4 Å². The Morgan fingerprint density at radius 2 is 2.30 bits per heavy atom. The zero-order chi connectivity index (χ0) is 14.1. The number of piperidine rings is 1. The van der Waals surface area contributed by atoms with Crippen LogP contribution in [0.5, 0.6) is 0 Å². The standard InChI is InChI=1S/C14H21BrN4O/c1-2-19-14(20)13(15)12(9-16-19)17-10-5-7-18-6-3-4-11(18)8-10/h9-11,17H,2-8H2,1H3. The smallest absolute Gasteiger partial charge is 0.283 e. The fourth-order valence-corrected chi connectivity index (χ4v) is 3.79. The topological polar surface area (TPSA) is 50.2 Å². The number of nitrogens with zero attached hydrogens (tertiary/aromatic N) is 3. The number of rotatable bonds is 3. The molecule has 2 unspecified atom stereocenters. The molecule has 2 fully saturated rings. The summed E-state index contributed by atoms with van der Waals surface area (Å²) in [4.78, 5) is 14.6. The predicted molar refractivity (Wildman–Crippen MR) is 83.1 cm³/mol. The average Bonchev–Trinajstić information content (AvgIpc) is 2.92. The molecule has 2 aliphatic heterocycles. The number of anilines is 1. The average molecular weight is 341 g/mol. The van der Waals surface area contributed by atoms with E-state index in [1.807, 2.05) is 6.92 Å². The molecule has 0 aromatic carbocycles. The third kappa shape index (κ3) is 2.63. The van der Waals surface area contributed by atoms with Crippen LogP contribution in [0.15, 0.2) is 15.5 Å². The van der Waals surface area contributed by atoms with Crippen LogP contribution in [-0.4, -0.2) is 39.9 Å². The predicted octanol–water partition coefficient (Wildman–Crippen LogP) is 2.06. The second-order valence-electron chi connectivity index (χ2n) is 5.69. The lowest BCUT2D eigenvalue weighted by molar-refractivity contribution is 0.188. The van der Waals surface area contributed by atoms with Gasteiger partial charge in [0.25, 0.3) is 5.56 Å². The SMILES string of the molecule is CCn1ncc(NC2CCN3CCCC3C2)c(Br)c1=O. The maximum Gasteiger partial charge on any atom is 0.283 e. The van der Waals surface area contributed by atoms with E-state index >= 15 is 0 Å². The van der Waals surface area contributed by atoms with Crippen LogP contribution in [0.1, 0.15) is 32.6 Å². The second-order valence-corrected chi connectivity index (χ2v) is 6.48. The van der Waals surface area contributed by atoms with E-state index in [-0.39, 0.29) is 5.56 Å². The highest BCUT2D eigenvalue weighted by Crippen LogP contribution is 2.29. The molecule has 20 heavy (non-hydrogen) atoms. The maximum atomic E-state index is 12.1. The lowest BCUT2D eigenvalue weighted by atomic mass is 9.97. The summed E-state index contributed by atoms with van der Waals surface area (Å²) in [7, 11) is 0. The number of aromatic nitrogens is 2. The molecule has 0 bridgehead atoms. The molecule has 6 heteroatoms. The first-order valence-electron chi connectivity index (χ1n) is 7.45. The third-order valence-electron chi connectivity index (χ3n) is 4.46. The number of halogens is 1. The van der Waals surface area contributed by atoms with Crippen LogP contribution in [0.2, 0.25) is 0 Å². The van der Waals surface area contributed by atoms with Crippen LogP contribution in [-0.2, 0) is 6.54 Å². The van der Waals surface area contributed by atoms with Gasteiger partial charge in [-0.25, -0.2) is 4.68 Å². The Bertz CT molecular complexity index is 544. The summed E-state index contributed by atoms with van der Waals surface area (Å²) in [6.07, 6.45) is 6.71. The van der Waals surface area contributed by atoms with E-state index < -0.39 is 0 Å². The monoisotopic (exact) mass is 340 g/mol. The van der Waals surface area contributed by atoms with Crippen LogP contribution in [0.3, 0.4) is 0 Å². The van der Waals surface area contributed by atoms with E-state index in [9.17, 15) is 4.79 Å². The molecule has 110 valence electrons. The summed E-state index contributed by atoms with van der Waals surface area (Å²) in [5.74, 6) is 0. The van der Waals surface area contributed by atoms with Gasteiger partial charge >= 0.3 is 0 Å². The van der Waals surface area contributed by atoms with Gasteiger partial charge in [-0.15, -0.1) is 0 Å². The number of nitrogens with one attached hydrogen (secondary N) is 1. The van der Waals surface area contributed by atoms with Crippen LogP contribution >= 0.6 is 15.9 Å². The molecule has 2 aliphatic rings. The van der Waals surface area contributed by atoms with Crippen LogP contribution in [0.25, 0.3) is 0 Å². The van der Waals surface area contributed by atoms with Gasteiger partial charge in [0.05, 0.1) is 11.9 Å². The molecule has 0 saturated carbocycles. The maximum absolute atomic E-state index is 12.1. The van der Waals surface area contributed by atoms with Gasteiger partial charge in [0.2, 0.25) is 0 Å². The van der Waals surface area contributed by atoms with Crippen molar-refractivity contribution in [3.63, 3.8) is 0 Å². The molecule has 1 N–H and O–H groups in total. The van der Waals surface area contributed by atoms with Gasteiger partial charge in [-0.2, -0.15) is 5.10 Å². The van der Waals surface area contributed by atoms with Crippen molar-refractivity contribution in [1.82, 2.24) is 14.7 Å². The Balaban J connectivity index is 1.72. The van der Waals surface area contributed by atoms with Gasteiger partial charge in [0.1, 0.15) is 4.47 Å². The fourth-order valence-electron chi connectivity index (χ4n) is 3.37. The van der Waals surface area contributed by atoms with Crippen LogP contribution in [0, 0.1) is 0 Å². The minimum Gasteiger partial charge on any atom is -0.380 e. The molecule has 1 aromatic heterocycles. The van der Waals surface area contributed by atoms with Crippen molar-refractivity contribution in [3.05, 3.63) is 21.0 Å². The zero-order valence-electron chi connectivity index (χ0n) is 11.8. The van der Waals surface area contributed by atoms with Gasteiger partial charge in [-0.1, -0.05) is 0 Å². The number of aryl methyl sites for hydroxylation is 1. The minimum absolute atomic E-state index is 0.0594. The second kappa shape index (κ2) is 5.85. The first kappa shape index (κ1) is 14.1. The zero-order valence-corrected chi connectivity index (χ0v) is 13.4. The first-order valence-corrected chi connectivity index (χ1v) is 8.24. The van der Waals surface area contributed by atoms with Crippen LogP contribution < -0.4 is 10.9 Å². The van der Waals surface area contributed by atoms with Crippen molar-refractivity contribution in [3.8, 4) is 0 Å². The molecule has 1 aromatic rings. The van der Waals surface area contributed by atoms with Crippen molar-refractivity contribution in [2.24, 2.45) is 0 Å². The third-order valence-corrected chi connectivity index (χ3v) is 5.23. The quantitative estimate of drug-likeness (QED) is 0.914. The first-order chi connectivity index (χ1) is 9.69. The van der Waals surface area contributed by atoms with E-state index in [1.165, 1.54) is 37.0 Å². The Kier molecular flexibility index (Phi) is 4.12. The van der Waals surface area contributed by atoms with E-state index in [1.54, 1.807) is 6.20 Å². The van der Waals surface area contributed by atoms with Crippen molar-refractivity contribution in [2.45, 2.75) is 51.2 Å². The molecule has 2 atom stereocenters. The van der Waals surface area contributed by atoms with Crippen molar-refractivity contribution < 1.29 is 0 Å². The molecule has 2 saturated heterocycles. The Hall–Kier alpha value is -0.880. The summed E-state index contributed by atoms with van der Waals surface area (Å²) >= 11 is 3.41. The summed E-state index contributed by atoms with van der Waals surface area (Å²) in [6, 6.07) is 1.17. The number of fused-ring (bicyclic) bond motifs is 1. The van der Waals surface area contributed by atoms with Gasteiger partial charge in [-0.3, -0.25) is 4.79 Å². The van der Waals surface area contributed by atoms with Crippen molar-refractivity contribution >= 4 is 21.6 Å². The Morgan fingerprint density at radius 3 is 3.10 bits per heavy atom. The molecular weight excluding hydrogens is 320 g/mol. The van der Waals surface area contributed by atoms with E-state index in [4.69, 9.17) is 0 Å². The number of hydrogen-bond donors (Lipinski definition) is 1. The highest BCUT2D eigenvalue weighted by molar-refractivity contribution is 9.10. The summed E-state index contributed by atoms with van der Waals surface area (Å²) < 4.78 is 2.07. The molecular formula is C14H21BrN4O. The largest absolute Gasteiger partial charge is 0.380 e. The highest BCUT2D eigenvalue weighted by atomic mass is 79.9. The van der Waals surface area contributed by atoms with Gasteiger partial charge in [0, 0.05) is 25.2 Å². The summed E-state index contributed by atoms with van der Waals surface area (Å²) in [5.41, 5.74) is 0.770. The number of hydrogen-bond acceptors (Lipinski definition) is 4. The lowest BCUT2D eigenvalue weighted by Gasteiger charge is -2.35. The Labute approximate surface area is 127 Å². The lowest BCUT2D eigenvalue weighted by Crippen LogP contribution is -2.43. The van der Waals surface area contributed by atoms with E-state index in [0.29, 0.717) is 17.1 Å². The van der Waals surface area contributed by atoms with Gasteiger partial charge < -0.3 is 10.2 Å². The summed E-state index contributed by atoms with van der Waals surface area (Å²) in [6.45, 7) is 4.94. The minimum atomic E-state index is -0.0594. The fraction of sp³-hybridized carbons (Fsp3) is 0.714. The van der Waals surface area contributed by atoms with Crippen molar-refractivity contribution in [1.29, 1.82) is 0 Å². The molecule has 5 nitrogen and oxygen atoms in total. The molecule has 3 rings (SSSR count). The molecule has 0 spiro atoms. The van der Waals surface area contributed by atoms with Gasteiger partial charge in [0.15, 0.2) is 0 Å². The Morgan fingerprint density at radius 1 is 1.45 bits per heavy atom. The molecule has 0 radical (unpaired) electrons. The summed E-state index contributed by atoms with van der Waals surface area (Å²) in [5, 5.41) is 7.70. The van der Waals surface area contributed by atoms with Crippen LogP contribution in [0.4, 0.5) is 5.69 Å². The highest BCUT2D eigenvalue weighted by Gasteiger charge is 2.31. The van der Waals surface area contributed by atoms with E-state index in [0.717, 1.165) is 18.2 Å². The normalized spacial score (nSPS) is 26.5. The molecule has 0 amide bonds.